The molecule has 0 amide bonds. The molecular weight excluding hydrogens is 221 g/mol. The minimum Gasteiger partial charge on any atom is -0.481 e. The quantitative estimate of drug-likeness (QED) is 0.800. The molecule has 0 aliphatic heterocycles. The molecule has 0 radical (unpaired) electrons. The molecular formula is C13H18FNO2. The third-order valence-electron chi connectivity index (χ3n) is 2.73. The molecule has 1 aromatic rings. The van der Waals surface area contributed by atoms with Gasteiger partial charge in [-0.2, -0.15) is 0 Å². The largest absolute Gasteiger partial charge is 0.481 e. The summed E-state index contributed by atoms with van der Waals surface area (Å²) in [5.41, 5.74) is 0.944. The molecule has 0 bridgehead atoms. The van der Waals surface area contributed by atoms with Gasteiger partial charge in [-0.05, 0) is 23.6 Å². The van der Waals surface area contributed by atoms with Gasteiger partial charge in [0.25, 0.3) is 0 Å². The van der Waals surface area contributed by atoms with E-state index < -0.39 is 11.9 Å². The molecule has 3 nitrogen and oxygen atoms in total. The molecule has 94 valence electrons. The zero-order valence-corrected chi connectivity index (χ0v) is 10.1. The van der Waals surface area contributed by atoms with Crippen molar-refractivity contribution >= 4 is 5.97 Å². The Morgan fingerprint density at radius 2 is 1.94 bits per heavy atom. The van der Waals surface area contributed by atoms with Crippen molar-refractivity contribution in [3.63, 3.8) is 0 Å². The first-order valence-electron chi connectivity index (χ1n) is 5.68. The Labute approximate surface area is 101 Å². The summed E-state index contributed by atoms with van der Waals surface area (Å²) in [5, 5.41) is 12.1. The van der Waals surface area contributed by atoms with Gasteiger partial charge in [-0.1, -0.05) is 26.0 Å². The number of halogens is 1. The second-order valence-electron chi connectivity index (χ2n) is 4.45. The molecule has 0 aliphatic carbocycles. The third-order valence-corrected chi connectivity index (χ3v) is 2.73. The van der Waals surface area contributed by atoms with Crippen molar-refractivity contribution in [2.45, 2.75) is 20.4 Å². The SMILES string of the molecule is CC(C)C(CNCc1ccc(F)cc1)C(=O)O. The summed E-state index contributed by atoms with van der Waals surface area (Å²) < 4.78 is 12.7. The monoisotopic (exact) mass is 239 g/mol. The average molecular weight is 239 g/mol. The molecule has 4 heteroatoms. The van der Waals surface area contributed by atoms with Crippen LogP contribution >= 0.6 is 0 Å². The lowest BCUT2D eigenvalue weighted by Crippen LogP contribution is -2.31. The third kappa shape index (κ3) is 4.53. The summed E-state index contributed by atoms with van der Waals surface area (Å²) in [7, 11) is 0. The molecule has 17 heavy (non-hydrogen) atoms. The van der Waals surface area contributed by atoms with Crippen molar-refractivity contribution in [1.29, 1.82) is 0 Å². The van der Waals surface area contributed by atoms with Crippen LogP contribution < -0.4 is 5.32 Å². The Balaban J connectivity index is 2.41. The van der Waals surface area contributed by atoms with Crippen molar-refractivity contribution in [3.8, 4) is 0 Å². The molecule has 0 saturated heterocycles. The molecule has 0 saturated carbocycles. The molecule has 2 N–H and O–H groups in total. The molecule has 0 fully saturated rings. The highest BCUT2D eigenvalue weighted by Crippen LogP contribution is 2.10. The van der Waals surface area contributed by atoms with E-state index >= 15 is 0 Å². The maximum atomic E-state index is 12.7. The van der Waals surface area contributed by atoms with E-state index in [1.54, 1.807) is 12.1 Å². The fourth-order valence-corrected chi connectivity index (χ4v) is 1.58. The number of hydrogen-bond donors (Lipinski definition) is 2. The van der Waals surface area contributed by atoms with Crippen LogP contribution in [-0.2, 0) is 11.3 Å². The topological polar surface area (TPSA) is 49.3 Å². The van der Waals surface area contributed by atoms with Crippen LogP contribution in [0.25, 0.3) is 0 Å². The van der Waals surface area contributed by atoms with Crippen molar-refractivity contribution < 1.29 is 14.3 Å². The minimum absolute atomic E-state index is 0.0909. The first-order chi connectivity index (χ1) is 8.00. The smallest absolute Gasteiger partial charge is 0.308 e. The second kappa shape index (κ2) is 6.35. The number of nitrogens with one attached hydrogen (secondary N) is 1. The van der Waals surface area contributed by atoms with Gasteiger partial charge in [0.1, 0.15) is 5.82 Å². The number of carbonyl (C=O) groups is 1. The van der Waals surface area contributed by atoms with Gasteiger partial charge < -0.3 is 10.4 Å². The number of carboxylic acid groups (broad SMARTS) is 1. The van der Waals surface area contributed by atoms with Crippen LogP contribution in [0.1, 0.15) is 19.4 Å². The highest BCUT2D eigenvalue weighted by molar-refractivity contribution is 5.70. The van der Waals surface area contributed by atoms with Gasteiger partial charge in [0.05, 0.1) is 5.92 Å². The van der Waals surface area contributed by atoms with Crippen LogP contribution in [0.5, 0.6) is 0 Å². The van der Waals surface area contributed by atoms with E-state index in [0.29, 0.717) is 13.1 Å². The number of hydrogen-bond acceptors (Lipinski definition) is 2. The zero-order chi connectivity index (χ0) is 12.8. The van der Waals surface area contributed by atoms with E-state index in [4.69, 9.17) is 5.11 Å². The first kappa shape index (κ1) is 13.6. The zero-order valence-electron chi connectivity index (χ0n) is 10.1. The molecule has 1 atom stereocenters. The molecule has 1 unspecified atom stereocenters. The molecule has 1 rings (SSSR count). The van der Waals surface area contributed by atoms with E-state index in [-0.39, 0.29) is 11.7 Å². The van der Waals surface area contributed by atoms with Crippen LogP contribution in [0, 0.1) is 17.7 Å². The summed E-state index contributed by atoms with van der Waals surface area (Å²) in [6.45, 7) is 4.75. The second-order valence-corrected chi connectivity index (χ2v) is 4.45. The van der Waals surface area contributed by atoms with Gasteiger partial charge >= 0.3 is 5.97 Å². The lowest BCUT2D eigenvalue weighted by Gasteiger charge is -2.16. The number of carboxylic acids is 1. The van der Waals surface area contributed by atoms with Crippen molar-refractivity contribution in [2.24, 2.45) is 11.8 Å². The van der Waals surface area contributed by atoms with E-state index in [1.165, 1.54) is 12.1 Å². The van der Waals surface area contributed by atoms with Gasteiger partial charge in [0.2, 0.25) is 0 Å². The number of aliphatic carboxylic acids is 1. The molecule has 0 heterocycles. The highest BCUT2D eigenvalue weighted by atomic mass is 19.1. The Kier molecular flexibility index (Phi) is 5.10. The van der Waals surface area contributed by atoms with Crippen LogP contribution in [0.15, 0.2) is 24.3 Å². The van der Waals surface area contributed by atoms with Crippen LogP contribution in [0.2, 0.25) is 0 Å². The van der Waals surface area contributed by atoms with Crippen LogP contribution in [0.4, 0.5) is 4.39 Å². The minimum atomic E-state index is -0.786. The molecule has 0 aliphatic rings. The molecule has 0 spiro atoms. The summed E-state index contributed by atoms with van der Waals surface area (Å²) >= 11 is 0. The van der Waals surface area contributed by atoms with E-state index in [0.717, 1.165) is 5.56 Å². The standard InChI is InChI=1S/C13H18FNO2/c1-9(2)12(13(16)17)8-15-7-10-3-5-11(14)6-4-10/h3-6,9,12,15H,7-8H2,1-2H3,(H,16,17). The van der Waals surface area contributed by atoms with Crippen molar-refractivity contribution in [1.82, 2.24) is 5.32 Å². The Bertz CT molecular complexity index is 362. The predicted octanol–water partition coefficient (Wildman–Crippen LogP) is 2.27. The van der Waals surface area contributed by atoms with Gasteiger partial charge in [-0.15, -0.1) is 0 Å². The predicted molar refractivity (Wildman–Crippen MR) is 64.1 cm³/mol. The summed E-state index contributed by atoms with van der Waals surface area (Å²) in [6, 6.07) is 6.17. The van der Waals surface area contributed by atoms with E-state index in [1.807, 2.05) is 13.8 Å². The number of benzene rings is 1. The fourth-order valence-electron chi connectivity index (χ4n) is 1.58. The average Bonchev–Trinajstić information content (AvgIpc) is 2.25. The van der Waals surface area contributed by atoms with Gasteiger partial charge in [-0.25, -0.2) is 4.39 Å². The highest BCUT2D eigenvalue weighted by Gasteiger charge is 2.20. The Morgan fingerprint density at radius 1 is 1.35 bits per heavy atom. The normalized spacial score (nSPS) is 12.7. The fraction of sp³-hybridized carbons (Fsp3) is 0.462. The molecule has 0 aromatic heterocycles. The van der Waals surface area contributed by atoms with Gasteiger partial charge in [-0.3, -0.25) is 4.79 Å². The summed E-state index contributed by atoms with van der Waals surface area (Å²) in [5.74, 6) is -1.35. The van der Waals surface area contributed by atoms with E-state index in [9.17, 15) is 9.18 Å². The summed E-state index contributed by atoms with van der Waals surface area (Å²) in [6.07, 6.45) is 0. The number of rotatable bonds is 6. The lowest BCUT2D eigenvalue weighted by molar-refractivity contribution is -0.143. The van der Waals surface area contributed by atoms with E-state index in [2.05, 4.69) is 5.32 Å². The lowest BCUT2D eigenvalue weighted by atomic mass is 9.96. The van der Waals surface area contributed by atoms with Crippen molar-refractivity contribution in [3.05, 3.63) is 35.6 Å². The van der Waals surface area contributed by atoms with Gasteiger partial charge in [0, 0.05) is 13.1 Å². The molecule has 1 aromatic carbocycles. The van der Waals surface area contributed by atoms with Crippen LogP contribution in [0.3, 0.4) is 0 Å². The van der Waals surface area contributed by atoms with Crippen molar-refractivity contribution in [2.75, 3.05) is 6.54 Å². The van der Waals surface area contributed by atoms with Crippen LogP contribution in [-0.4, -0.2) is 17.6 Å². The maximum Gasteiger partial charge on any atom is 0.308 e. The Morgan fingerprint density at radius 3 is 2.41 bits per heavy atom. The van der Waals surface area contributed by atoms with Gasteiger partial charge in [0.15, 0.2) is 0 Å². The maximum absolute atomic E-state index is 12.7. The first-order valence-corrected chi connectivity index (χ1v) is 5.68. The summed E-state index contributed by atoms with van der Waals surface area (Å²) in [4.78, 5) is 10.9. The Hall–Kier alpha value is -1.42.